The lowest BCUT2D eigenvalue weighted by atomic mass is 9.98. The molecule has 2 atom stereocenters. The minimum absolute atomic E-state index is 0.428. The first-order valence-electron chi connectivity index (χ1n) is 7.27. The zero-order chi connectivity index (χ0) is 15.4. The second-order valence-electron chi connectivity index (χ2n) is 5.32. The molecule has 3 heteroatoms. The van der Waals surface area contributed by atoms with Gasteiger partial charge in [-0.25, -0.2) is 0 Å². The highest BCUT2D eigenvalue weighted by Gasteiger charge is 2.12. The third-order valence-electron chi connectivity index (χ3n) is 3.72. The molecular weight excluding hydrogens is 284 g/mol. The molecule has 0 spiro atoms. The van der Waals surface area contributed by atoms with Crippen LogP contribution in [0.1, 0.15) is 50.3 Å². The Balaban J connectivity index is 2.30. The van der Waals surface area contributed by atoms with Crippen molar-refractivity contribution >= 4 is 11.6 Å². The van der Waals surface area contributed by atoms with Gasteiger partial charge in [0.25, 0.3) is 0 Å². The van der Waals surface area contributed by atoms with E-state index in [0.717, 1.165) is 17.7 Å². The van der Waals surface area contributed by atoms with Crippen LogP contribution in [0.4, 0.5) is 0 Å². The number of ether oxygens (including phenoxy) is 1. The summed E-state index contributed by atoms with van der Waals surface area (Å²) in [5.41, 5.74) is 1.96. The van der Waals surface area contributed by atoms with Crippen molar-refractivity contribution in [2.24, 2.45) is 0 Å². The molecule has 0 saturated heterocycles. The van der Waals surface area contributed by atoms with Gasteiger partial charge in [-0.1, -0.05) is 49.7 Å². The number of benzene rings is 2. The van der Waals surface area contributed by atoms with Crippen LogP contribution in [0.15, 0.2) is 42.5 Å². The van der Waals surface area contributed by atoms with Crippen LogP contribution in [0.3, 0.4) is 0 Å². The molecule has 21 heavy (non-hydrogen) atoms. The molecule has 2 nitrogen and oxygen atoms in total. The van der Waals surface area contributed by atoms with Gasteiger partial charge < -0.3 is 9.84 Å². The summed E-state index contributed by atoms with van der Waals surface area (Å²) >= 11 is 6.25. The molecule has 112 valence electrons. The number of hydrogen-bond donors (Lipinski definition) is 1. The molecular formula is C18H21ClO2. The highest BCUT2D eigenvalue weighted by atomic mass is 35.5. The van der Waals surface area contributed by atoms with E-state index >= 15 is 0 Å². The summed E-state index contributed by atoms with van der Waals surface area (Å²) in [5, 5.41) is 10.1. The molecule has 0 radical (unpaired) electrons. The molecule has 0 aliphatic heterocycles. The van der Waals surface area contributed by atoms with Crippen molar-refractivity contribution in [2.75, 3.05) is 0 Å². The van der Waals surface area contributed by atoms with Gasteiger partial charge in [-0.2, -0.15) is 0 Å². The van der Waals surface area contributed by atoms with E-state index in [2.05, 4.69) is 19.9 Å². The molecule has 2 aromatic carbocycles. The predicted molar refractivity (Wildman–Crippen MR) is 87.3 cm³/mol. The maximum Gasteiger partial charge on any atom is 0.146 e. The van der Waals surface area contributed by atoms with E-state index in [0.29, 0.717) is 16.7 Å². The second kappa shape index (κ2) is 6.97. The largest absolute Gasteiger partial charge is 0.456 e. The SMILES string of the molecule is CCC(C)c1ccccc1Oc1ccc(C(C)O)cc1Cl. The van der Waals surface area contributed by atoms with Gasteiger partial charge in [-0.05, 0) is 48.6 Å². The summed E-state index contributed by atoms with van der Waals surface area (Å²) in [6.45, 7) is 6.05. The highest BCUT2D eigenvalue weighted by molar-refractivity contribution is 6.32. The molecule has 0 fully saturated rings. The van der Waals surface area contributed by atoms with Crippen molar-refractivity contribution in [3.05, 3.63) is 58.6 Å². The molecule has 0 bridgehead atoms. The average Bonchev–Trinajstić information content (AvgIpc) is 2.49. The quantitative estimate of drug-likeness (QED) is 0.768. The first kappa shape index (κ1) is 15.9. The smallest absolute Gasteiger partial charge is 0.146 e. The standard InChI is InChI=1S/C18H21ClO2/c1-4-12(2)15-7-5-6-8-17(15)21-18-10-9-14(13(3)20)11-16(18)19/h5-13,20H,4H2,1-3H3. The van der Waals surface area contributed by atoms with Crippen molar-refractivity contribution in [3.8, 4) is 11.5 Å². The van der Waals surface area contributed by atoms with E-state index in [1.54, 1.807) is 19.1 Å². The minimum atomic E-state index is -0.538. The van der Waals surface area contributed by atoms with Gasteiger partial charge in [0.05, 0.1) is 11.1 Å². The van der Waals surface area contributed by atoms with Crippen LogP contribution in [0.25, 0.3) is 0 Å². The van der Waals surface area contributed by atoms with Crippen LogP contribution >= 0.6 is 11.6 Å². The zero-order valence-electron chi connectivity index (χ0n) is 12.6. The number of rotatable bonds is 5. The summed E-state index contributed by atoms with van der Waals surface area (Å²) in [5.74, 6) is 1.87. The van der Waals surface area contributed by atoms with Crippen molar-refractivity contribution in [2.45, 2.75) is 39.2 Å². The molecule has 0 aliphatic rings. The maximum absolute atomic E-state index is 9.58. The zero-order valence-corrected chi connectivity index (χ0v) is 13.4. The van der Waals surface area contributed by atoms with Crippen LogP contribution in [0.2, 0.25) is 5.02 Å². The first-order valence-corrected chi connectivity index (χ1v) is 7.65. The molecule has 0 saturated carbocycles. The molecule has 2 unspecified atom stereocenters. The van der Waals surface area contributed by atoms with Crippen molar-refractivity contribution in [1.82, 2.24) is 0 Å². The lowest BCUT2D eigenvalue weighted by Gasteiger charge is -2.16. The number of hydrogen-bond acceptors (Lipinski definition) is 2. The Morgan fingerprint density at radius 1 is 1.10 bits per heavy atom. The first-order chi connectivity index (χ1) is 10.0. The van der Waals surface area contributed by atoms with Crippen LogP contribution in [-0.4, -0.2) is 5.11 Å². The van der Waals surface area contributed by atoms with E-state index in [9.17, 15) is 5.11 Å². The van der Waals surface area contributed by atoms with Crippen molar-refractivity contribution in [1.29, 1.82) is 0 Å². The minimum Gasteiger partial charge on any atom is -0.456 e. The third-order valence-corrected chi connectivity index (χ3v) is 4.02. The Morgan fingerprint density at radius 2 is 1.81 bits per heavy atom. The third kappa shape index (κ3) is 3.78. The van der Waals surface area contributed by atoms with Crippen molar-refractivity contribution < 1.29 is 9.84 Å². The van der Waals surface area contributed by atoms with Gasteiger partial charge in [0.1, 0.15) is 11.5 Å². The summed E-state index contributed by atoms with van der Waals surface area (Å²) in [7, 11) is 0. The Bertz CT molecular complexity index is 608. The summed E-state index contributed by atoms with van der Waals surface area (Å²) in [4.78, 5) is 0. The Labute approximate surface area is 131 Å². The lowest BCUT2D eigenvalue weighted by molar-refractivity contribution is 0.199. The van der Waals surface area contributed by atoms with Gasteiger partial charge in [0.15, 0.2) is 0 Å². The van der Waals surface area contributed by atoms with Gasteiger partial charge >= 0.3 is 0 Å². The van der Waals surface area contributed by atoms with Crippen molar-refractivity contribution in [3.63, 3.8) is 0 Å². The number of halogens is 1. The van der Waals surface area contributed by atoms with Crippen LogP contribution < -0.4 is 4.74 Å². The number of aliphatic hydroxyl groups excluding tert-OH is 1. The Kier molecular flexibility index (Phi) is 5.27. The summed E-state index contributed by atoms with van der Waals surface area (Å²) in [6.07, 6.45) is 0.513. The van der Waals surface area contributed by atoms with Crippen LogP contribution in [-0.2, 0) is 0 Å². The van der Waals surface area contributed by atoms with E-state index in [1.807, 2.05) is 24.3 Å². The summed E-state index contributed by atoms with van der Waals surface area (Å²) in [6, 6.07) is 13.4. The normalized spacial score (nSPS) is 13.8. The van der Waals surface area contributed by atoms with Gasteiger partial charge in [-0.15, -0.1) is 0 Å². The van der Waals surface area contributed by atoms with Crippen LogP contribution in [0, 0.1) is 0 Å². The van der Waals surface area contributed by atoms with Gasteiger partial charge in [0, 0.05) is 0 Å². The van der Waals surface area contributed by atoms with E-state index in [4.69, 9.17) is 16.3 Å². The Hall–Kier alpha value is -1.51. The molecule has 0 aromatic heterocycles. The fraction of sp³-hybridized carbons (Fsp3) is 0.333. The van der Waals surface area contributed by atoms with Gasteiger partial charge in [0.2, 0.25) is 0 Å². The van der Waals surface area contributed by atoms with E-state index < -0.39 is 6.10 Å². The summed E-state index contributed by atoms with van der Waals surface area (Å²) < 4.78 is 5.98. The maximum atomic E-state index is 9.58. The molecule has 0 aliphatic carbocycles. The van der Waals surface area contributed by atoms with E-state index in [1.165, 1.54) is 5.56 Å². The van der Waals surface area contributed by atoms with E-state index in [-0.39, 0.29) is 0 Å². The molecule has 0 heterocycles. The number of aliphatic hydroxyl groups is 1. The highest BCUT2D eigenvalue weighted by Crippen LogP contribution is 2.36. The monoisotopic (exact) mass is 304 g/mol. The fourth-order valence-corrected chi connectivity index (χ4v) is 2.41. The molecule has 0 amide bonds. The van der Waals surface area contributed by atoms with Gasteiger partial charge in [-0.3, -0.25) is 0 Å². The lowest BCUT2D eigenvalue weighted by Crippen LogP contribution is -1.97. The molecule has 2 aromatic rings. The predicted octanol–water partition coefficient (Wildman–Crippen LogP) is 5.70. The average molecular weight is 305 g/mol. The van der Waals surface area contributed by atoms with Crippen LogP contribution in [0.5, 0.6) is 11.5 Å². The molecule has 1 N–H and O–H groups in total. The fourth-order valence-electron chi connectivity index (χ4n) is 2.18. The Morgan fingerprint density at radius 3 is 2.43 bits per heavy atom. The molecule has 2 rings (SSSR count). The number of para-hydroxylation sites is 1. The topological polar surface area (TPSA) is 29.5 Å². The second-order valence-corrected chi connectivity index (χ2v) is 5.72.